The van der Waals surface area contributed by atoms with E-state index in [9.17, 15) is 4.55 Å². The number of benzene rings is 1. The quantitative estimate of drug-likeness (QED) is 0.550. The maximum absolute atomic E-state index is 12.4. The summed E-state index contributed by atoms with van der Waals surface area (Å²) in [7, 11) is 0. The largest absolute Gasteiger partial charge is 0.609 e. The molecule has 0 aliphatic heterocycles. The van der Waals surface area contributed by atoms with Crippen LogP contribution in [0, 0.1) is 0 Å². The van der Waals surface area contributed by atoms with E-state index in [-0.39, 0.29) is 0 Å². The smallest absolute Gasteiger partial charge is 0.320 e. The van der Waals surface area contributed by atoms with Gasteiger partial charge < -0.3 is 19.6 Å². The summed E-state index contributed by atoms with van der Waals surface area (Å²) in [6, 6.07) is 6.27. The van der Waals surface area contributed by atoms with E-state index in [2.05, 4.69) is 40.4 Å². The standard InChI is InChI=1S/C16H23N3O2S/c1-3-13-5-6-15(17-9-10-21-4-2)14(11-13)12-22(20)16-18-7-8-19-16/h5-8,11,17H,3-4,9-10,12H2,1-2H3,(H,18,19). The Morgan fingerprint density at radius 2 is 2.23 bits per heavy atom. The summed E-state index contributed by atoms with van der Waals surface area (Å²) in [5.41, 5.74) is 3.30. The van der Waals surface area contributed by atoms with Gasteiger partial charge in [-0.25, -0.2) is 0 Å². The monoisotopic (exact) mass is 321 g/mol. The first-order chi connectivity index (χ1) is 10.7. The number of H-pyrrole nitrogens is 1. The van der Waals surface area contributed by atoms with Crippen molar-refractivity contribution in [3.8, 4) is 0 Å². The highest BCUT2D eigenvalue weighted by Crippen LogP contribution is 2.22. The van der Waals surface area contributed by atoms with Gasteiger partial charge in [0.25, 0.3) is 0 Å². The second-order valence-electron chi connectivity index (χ2n) is 4.85. The Kier molecular flexibility index (Phi) is 6.76. The minimum atomic E-state index is -1.17. The normalized spacial score (nSPS) is 12.3. The van der Waals surface area contributed by atoms with Crippen LogP contribution in [-0.4, -0.2) is 34.3 Å². The van der Waals surface area contributed by atoms with Gasteiger partial charge in [0, 0.05) is 48.0 Å². The van der Waals surface area contributed by atoms with Gasteiger partial charge in [0.05, 0.1) is 6.61 Å². The lowest BCUT2D eigenvalue weighted by Gasteiger charge is -2.14. The molecule has 2 rings (SSSR count). The first kappa shape index (κ1) is 16.9. The van der Waals surface area contributed by atoms with Crippen molar-refractivity contribution < 1.29 is 9.29 Å². The number of anilines is 1. The SMILES string of the molecule is CCOCCNc1ccc(CC)cc1C[S+]([O-])c1ncc[nH]1. The Labute approximate surface area is 134 Å². The third kappa shape index (κ3) is 4.76. The van der Waals surface area contributed by atoms with Gasteiger partial charge in [-0.05, 0) is 31.0 Å². The number of aromatic amines is 1. The number of nitrogens with zero attached hydrogens (tertiary/aromatic N) is 1. The van der Waals surface area contributed by atoms with Crippen LogP contribution in [0.25, 0.3) is 0 Å². The molecule has 0 aliphatic carbocycles. The van der Waals surface area contributed by atoms with Gasteiger partial charge >= 0.3 is 5.16 Å². The van der Waals surface area contributed by atoms with Gasteiger partial charge in [-0.15, -0.1) is 0 Å². The molecule has 5 nitrogen and oxygen atoms in total. The molecule has 0 fully saturated rings. The number of aromatic nitrogens is 2. The molecule has 0 radical (unpaired) electrons. The van der Waals surface area contributed by atoms with Gasteiger partial charge in [0.15, 0.2) is 0 Å². The fraction of sp³-hybridized carbons (Fsp3) is 0.438. The summed E-state index contributed by atoms with van der Waals surface area (Å²) < 4.78 is 17.7. The fourth-order valence-electron chi connectivity index (χ4n) is 2.15. The molecule has 1 aromatic carbocycles. The topological polar surface area (TPSA) is 73.0 Å². The Hall–Kier alpha value is -1.50. The molecule has 0 aliphatic rings. The highest BCUT2D eigenvalue weighted by Gasteiger charge is 2.17. The van der Waals surface area contributed by atoms with Crippen LogP contribution < -0.4 is 5.32 Å². The molecule has 0 saturated heterocycles. The molecule has 0 spiro atoms. The van der Waals surface area contributed by atoms with Gasteiger partial charge in [-0.1, -0.05) is 13.0 Å². The van der Waals surface area contributed by atoms with Crippen LogP contribution in [0.5, 0.6) is 0 Å². The van der Waals surface area contributed by atoms with Crippen LogP contribution in [0.15, 0.2) is 35.7 Å². The van der Waals surface area contributed by atoms with Crippen LogP contribution in [0.2, 0.25) is 0 Å². The number of hydrogen-bond acceptors (Lipinski definition) is 4. The zero-order valence-electron chi connectivity index (χ0n) is 13.1. The van der Waals surface area contributed by atoms with Crippen molar-refractivity contribution in [2.45, 2.75) is 31.2 Å². The molecular formula is C16H23N3O2S. The predicted octanol–water partition coefficient (Wildman–Crippen LogP) is 2.73. The Morgan fingerprint density at radius 3 is 2.91 bits per heavy atom. The van der Waals surface area contributed by atoms with E-state index in [0.29, 0.717) is 24.1 Å². The van der Waals surface area contributed by atoms with E-state index in [1.807, 2.05) is 6.92 Å². The zero-order chi connectivity index (χ0) is 15.8. The lowest BCUT2D eigenvalue weighted by molar-refractivity contribution is 0.158. The first-order valence-corrected chi connectivity index (χ1v) is 8.87. The van der Waals surface area contributed by atoms with Gasteiger partial charge in [0.2, 0.25) is 0 Å². The maximum atomic E-state index is 12.4. The Morgan fingerprint density at radius 1 is 1.36 bits per heavy atom. The van der Waals surface area contributed by atoms with E-state index in [1.54, 1.807) is 12.4 Å². The molecule has 1 heterocycles. The number of hydrogen-bond donors (Lipinski definition) is 2. The number of rotatable bonds is 9. The fourth-order valence-corrected chi connectivity index (χ4v) is 3.18. The molecule has 120 valence electrons. The zero-order valence-corrected chi connectivity index (χ0v) is 13.9. The third-order valence-corrected chi connectivity index (χ3v) is 4.55. The highest BCUT2D eigenvalue weighted by atomic mass is 32.2. The predicted molar refractivity (Wildman–Crippen MR) is 89.5 cm³/mol. The lowest BCUT2D eigenvalue weighted by Crippen LogP contribution is -2.13. The molecule has 0 bridgehead atoms. The molecule has 1 atom stereocenters. The van der Waals surface area contributed by atoms with Crippen LogP contribution in [-0.2, 0) is 28.1 Å². The number of nitrogens with one attached hydrogen (secondary N) is 2. The minimum absolute atomic E-state index is 0.443. The first-order valence-electron chi connectivity index (χ1n) is 7.55. The minimum Gasteiger partial charge on any atom is -0.609 e. The molecule has 6 heteroatoms. The average molecular weight is 321 g/mol. The molecular weight excluding hydrogens is 298 g/mol. The van der Waals surface area contributed by atoms with Crippen molar-refractivity contribution in [1.29, 1.82) is 0 Å². The van der Waals surface area contributed by atoms with E-state index in [1.165, 1.54) is 5.56 Å². The van der Waals surface area contributed by atoms with Crippen LogP contribution in [0.3, 0.4) is 0 Å². The van der Waals surface area contributed by atoms with Crippen molar-refractivity contribution in [3.05, 3.63) is 41.7 Å². The number of aryl methyl sites for hydroxylation is 1. The van der Waals surface area contributed by atoms with Gasteiger partial charge in [-0.3, -0.25) is 0 Å². The summed E-state index contributed by atoms with van der Waals surface area (Å²) in [5.74, 6) is 0.443. The van der Waals surface area contributed by atoms with Gasteiger partial charge in [0.1, 0.15) is 5.75 Å². The Bertz CT molecular complexity index is 561. The second kappa shape index (κ2) is 8.82. The van der Waals surface area contributed by atoms with Gasteiger partial charge in [-0.2, -0.15) is 4.98 Å². The number of imidazole rings is 1. The summed E-state index contributed by atoms with van der Waals surface area (Å²) in [4.78, 5) is 6.99. The van der Waals surface area contributed by atoms with Crippen LogP contribution >= 0.6 is 0 Å². The van der Waals surface area contributed by atoms with E-state index >= 15 is 0 Å². The average Bonchev–Trinajstić information content (AvgIpc) is 3.07. The summed E-state index contributed by atoms with van der Waals surface area (Å²) in [6.45, 7) is 6.21. The second-order valence-corrected chi connectivity index (χ2v) is 6.22. The molecule has 0 saturated carbocycles. The van der Waals surface area contributed by atoms with Crippen molar-refractivity contribution in [2.24, 2.45) is 0 Å². The maximum Gasteiger partial charge on any atom is 0.320 e. The van der Waals surface area contributed by atoms with Crippen LogP contribution in [0.4, 0.5) is 5.69 Å². The van der Waals surface area contributed by atoms with E-state index in [0.717, 1.165) is 24.2 Å². The van der Waals surface area contributed by atoms with E-state index in [4.69, 9.17) is 4.74 Å². The number of ether oxygens (including phenoxy) is 1. The lowest BCUT2D eigenvalue weighted by atomic mass is 10.1. The highest BCUT2D eigenvalue weighted by molar-refractivity contribution is 7.90. The van der Waals surface area contributed by atoms with Crippen molar-refractivity contribution in [1.82, 2.24) is 9.97 Å². The molecule has 0 amide bonds. The third-order valence-electron chi connectivity index (χ3n) is 3.32. The summed E-state index contributed by atoms with van der Waals surface area (Å²) in [6.07, 6.45) is 4.27. The summed E-state index contributed by atoms with van der Waals surface area (Å²) >= 11 is -1.17. The van der Waals surface area contributed by atoms with Crippen LogP contribution in [0.1, 0.15) is 25.0 Å². The Balaban J connectivity index is 2.08. The van der Waals surface area contributed by atoms with Crippen molar-refractivity contribution >= 4 is 16.9 Å². The molecule has 1 aromatic heterocycles. The molecule has 1 unspecified atom stereocenters. The van der Waals surface area contributed by atoms with Crippen molar-refractivity contribution in [3.63, 3.8) is 0 Å². The van der Waals surface area contributed by atoms with Crippen molar-refractivity contribution in [2.75, 3.05) is 25.1 Å². The molecule has 2 N–H and O–H groups in total. The molecule has 22 heavy (non-hydrogen) atoms. The summed E-state index contributed by atoms with van der Waals surface area (Å²) in [5, 5.41) is 3.88. The van der Waals surface area contributed by atoms with E-state index < -0.39 is 11.2 Å². The molecule has 2 aromatic rings.